The normalized spacial score (nSPS) is 18.3. The number of para-hydroxylation sites is 2. The largest absolute Gasteiger partial charge is 0.354 e. The third-order valence-corrected chi connectivity index (χ3v) is 14.2. The molecular formula is C51H36N4S2. The van der Waals surface area contributed by atoms with Gasteiger partial charge in [-0.05, 0) is 53.4 Å². The first-order valence-electron chi connectivity index (χ1n) is 19.6. The average Bonchev–Trinajstić information content (AvgIpc) is 3.96. The summed E-state index contributed by atoms with van der Waals surface area (Å²) in [4.78, 5) is 5.38. The number of rotatable bonds is 5. The van der Waals surface area contributed by atoms with Crippen LogP contribution in [0.4, 0.5) is 0 Å². The summed E-state index contributed by atoms with van der Waals surface area (Å²) in [6, 6.07) is 55.7. The number of nitrogens with one attached hydrogen (secondary N) is 2. The van der Waals surface area contributed by atoms with Crippen molar-refractivity contribution in [2.75, 3.05) is 0 Å². The minimum atomic E-state index is -0.187. The zero-order valence-corrected chi connectivity index (χ0v) is 32.5. The van der Waals surface area contributed by atoms with E-state index in [1.54, 1.807) is 0 Å². The lowest BCUT2D eigenvalue weighted by molar-refractivity contribution is 0.401. The number of aliphatic imine (C=N–C) groups is 1. The highest BCUT2D eigenvalue weighted by molar-refractivity contribution is 7.26. The zero-order chi connectivity index (χ0) is 37.5. The van der Waals surface area contributed by atoms with Crippen LogP contribution in [0.15, 0.2) is 181 Å². The number of hydrogen-bond acceptors (Lipinski definition) is 5. The first kappa shape index (κ1) is 32.9. The van der Waals surface area contributed by atoms with Gasteiger partial charge in [0.25, 0.3) is 0 Å². The first-order valence-corrected chi connectivity index (χ1v) is 21.3. The Labute approximate surface area is 337 Å². The van der Waals surface area contributed by atoms with Crippen molar-refractivity contribution in [3.05, 3.63) is 187 Å². The molecule has 0 spiro atoms. The van der Waals surface area contributed by atoms with Crippen LogP contribution in [0.3, 0.4) is 0 Å². The fourth-order valence-corrected chi connectivity index (χ4v) is 11.6. The number of benzene rings is 7. The summed E-state index contributed by atoms with van der Waals surface area (Å²) in [7, 11) is 0. The topological polar surface area (TPSA) is 41.4 Å². The number of aromatic nitrogens is 1. The lowest BCUT2D eigenvalue weighted by Gasteiger charge is -2.34. The Morgan fingerprint density at radius 3 is 2.07 bits per heavy atom. The Bertz CT molecular complexity index is 3250. The van der Waals surface area contributed by atoms with Crippen molar-refractivity contribution in [1.29, 1.82) is 0 Å². The second-order valence-electron chi connectivity index (χ2n) is 15.1. The predicted octanol–water partition coefficient (Wildman–Crippen LogP) is 13.6. The van der Waals surface area contributed by atoms with Crippen LogP contribution in [-0.2, 0) is 0 Å². The molecule has 0 saturated carbocycles. The number of amidine groups is 1. The predicted molar refractivity (Wildman–Crippen MR) is 244 cm³/mol. The molecule has 10 aromatic rings. The van der Waals surface area contributed by atoms with Gasteiger partial charge in [-0.15, -0.1) is 22.7 Å². The molecule has 1 aliphatic carbocycles. The summed E-state index contributed by atoms with van der Waals surface area (Å²) >= 11 is 3.78. The molecule has 7 aromatic carbocycles. The molecule has 0 radical (unpaired) electrons. The fraction of sp³-hybridized carbons (Fsp3) is 0.0784. The van der Waals surface area contributed by atoms with Crippen LogP contribution in [0.1, 0.15) is 29.9 Å². The van der Waals surface area contributed by atoms with Gasteiger partial charge in [0.1, 0.15) is 18.2 Å². The highest BCUT2D eigenvalue weighted by Gasteiger charge is 2.29. The van der Waals surface area contributed by atoms with Gasteiger partial charge >= 0.3 is 0 Å². The van der Waals surface area contributed by atoms with Gasteiger partial charge in [-0.3, -0.25) is 5.32 Å². The van der Waals surface area contributed by atoms with E-state index in [1.807, 2.05) is 22.7 Å². The van der Waals surface area contributed by atoms with Gasteiger partial charge in [-0.1, -0.05) is 146 Å². The molecule has 2 N–H and O–H groups in total. The quantitative estimate of drug-likeness (QED) is 0.183. The molecule has 3 aromatic heterocycles. The second-order valence-corrected chi connectivity index (χ2v) is 17.2. The molecule has 0 amide bonds. The smallest absolute Gasteiger partial charge is 0.130 e. The van der Waals surface area contributed by atoms with Crippen LogP contribution in [0.25, 0.3) is 79.0 Å². The third kappa shape index (κ3) is 5.32. The van der Waals surface area contributed by atoms with Gasteiger partial charge in [0.15, 0.2) is 0 Å². The van der Waals surface area contributed by atoms with Crippen molar-refractivity contribution in [3.8, 4) is 16.8 Å². The zero-order valence-electron chi connectivity index (χ0n) is 30.9. The summed E-state index contributed by atoms with van der Waals surface area (Å²) in [5, 5.41) is 15.4. The monoisotopic (exact) mass is 768 g/mol. The van der Waals surface area contributed by atoms with Crippen molar-refractivity contribution < 1.29 is 0 Å². The van der Waals surface area contributed by atoms with E-state index in [4.69, 9.17) is 4.99 Å². The molecule has 2 aliphatic rings. The molecule has 3 unspecified atom stereocenters. The van der Waals surface area contributed by atoms with Crippen LogP contribution < -0.4 is 10.6 Å². The number of allylic oxidation sites excluding steroid dienone is 3. The molecule has 3 atom stereocenters. The molecule has 57 heavy (non-hydrogen) atoms. The van der Waals surface area contributed by atoms with Crippen molar-refractivity contribution >= 4 is 90.7 Å². The Hall–Kier alpha value is -6.31. The Balaban J connectivity index is 0.956. The van der Waals surface area contributed by atoms with Crippen LogP contribution >= 0.6 is 22.7 Å². The van der Waals surface area contributed by atoms with Crippen molar-refractivity contribution in [1.82, 2.24) is 15.2 Å². The number of nitrogens with zero attached hydrogens (tertiary/aromatic N) is 2. The fourth-order valence-electron chi connectivity index (χ4n) is 9.09. The SMILES string of the molecule is C1=CCC(C2=NC(c3cccc4c3sc3c(-c5ccc6c(c5)sc5cc(-n7c8ccccc8c8ccccc87)ccc56)cccc34)NC(c3ccccc3)N2)C=C1. The molecule has 12 rings (SSSR count). The minimum Gasteiger partial charge on any atom is -0.354 e. The highest BCUT2D eigenvalue weighted by Crippen LogP contribution is 2.45. The van der Waals surface area contributed by atoms with E-state index in [1.165, 1.54) is 90.1 Å². The van der Waals surface area contributed by atoms with Gasteiger partial charge in [0.05, 0.1) is 11.0 Å². The standard InChI is InChI=1S/C51H36N4S2/c1-3-13-31(14-4-1)49-52-50(32-15-5-2-6-16-32)54-51(53-49)42-22-12-21-41-40-20-11-19-35(47(40)57-48(41)42)33-25-27-38-39-28-26-34(30-46(39)56-45(38)29-33)55-43-23-9-7-17-36(43)37-18-8-10-24-44(37)55/h1-15,17-30,32,49,51,53H,16H2,(H,52,54). The van der Waals surface area contributed by atoms with E-state index in [2.05, 4.69) is 191 Å². The van der Waals surface area contributed by atoms with Gasteiger partial charge in [-0.2, -0.15) is 0 Å². The van der Waals surface area contributed by atoms with Crippen molar-refractivity contribution in [2.24, 2.45) is 10.9 Å². The van der Waals surface area contributed by atoms with Crippen LogP contribution in [0, 0.1) is 5.92 Å². The van der Waals surface area contributed by atoms with E-state index in [0.29, 0.717) is 0 Å². The summed E-state index contributed by atoms with van der Waals surface area (Å²) in [5.74, 6) is 1.26. The van der Waals surface area contributed by atoms with Gasteiger partial charge in [0, 0.05) is 68.3 Å². The average molecular weight is 769 g/mol. The maximum atomic E-state index is 5.38. The summed E-state index contributed by atoms with van der Waals surface area (Å²) in [5.41, 5.74) is 8.60. The molecule has 0 saturated heterocycles. The number of hydrogen-bond donors (Lipinski definition) is 2. The lowest BCUT2D eigenvalue weighted by Crippen LogP contribution is -2.47. The lowest BCUT2D eigenvalue weighted by atomic mass is 9.97. The van der Waals surface area contributed by atoms with Crippen molar-refractivity contribution in [3.63, 3.8) is 0 Å². The van der Waals surface area contributed by atoms with Crippen LogP contribution in [-0.4, -0.2) is 10.4 Å². The summed E-state index contributed by atoms with van der Waals surface area (Å²) in [6.07, 6.45) is 9.48. The first-order chi connectivity index (χ1) is 28.2. The van der Waals surface area contributed by atoms with Crippen LogP contribution in [0.5, 0.6) is 0 Å². The van der Waals surface area contributed by atoms with Gasteiger partial charge in [-0.25, -0.2) is 4.99 Å². The molecule has 0 bridgehead atoms. The number of thiophene rings is 2. The molecule has 4 nitrogen and oxygen atoms in total. The third-order valence-electron chi connectivity index (χ3n) is 11.8. The van der Waals surface area contributed by atoms with Crippen molar-refractivity contribution in [2.45, 2.75) is 18.8 Å². The molecule has 0 fully saturated rings. The van der Waals surface area contributed by atoms with Crippen LogP contribution in [0.2, 0.25) is 0 Å². The molecule has 272 valence electrons. The van der Waals surface area contributed by atoms with E-state index >= 15 is 0 Å². The number of fused-ring (bicyclic) bond motifs is 9. The van der Waals surface area contributed by atoms with E-state index < -0.39 is 0 Å². The minimum absolute atomic E-state index is 0.0470. The summed E-state index contributed by atoms with van der Waals surface area (Å²) < 4.78 is 7.61. The maximum absolute atomic E-state index is 5.38. The Kier molecular flexibility index (Phi) is 7.58. The molecular weight excluding hydrogens is 733 g/mol. The molecule has 1 aliphatic heterocycles. The summed E-state index contributed by atoms with van der Waals surface area (Å²) in [6.45, 7) is 0. The van der Waals surface area contributed by atoms with E-state index in [9.17, 15) is 0 Å². The second kappa shape index (κ2) is 13.1. The van der Waals surface area contributed by atoms with E-state index in [0.717, 1.165) is 12.3 Å². The van der Waals surface area contributed by atoms with Gasteiger partial charge in [0.2, 0.25) is 0 Å². The Morgan fingerprint density at radius 2 is 1.28 bits per heavy atom. The molecule has 4 heterocycles. The van der Waals surface area contributed by atoms with Gasteiger partial charge < -0.3 is 9.88 Å². The Morgan fingerprint density at radius 1 is 0.579 bits per heavy atom. The highest BCUT2D eigenvalue weighted by atomic mass is 32.1. The maximum Gasteiger partial charge on any atom is 0.130 e. The van der Waals surface area contributed by atoms with E-state index in [-0.39, 0.29) is 18.2 Å². The molecule has 6 heteroatoms.